The first-order valence-corrected chi connectivity index (χ1v) is 12.2. The van der Waals surface area contributed by atoms with Crippen LogP contribution < -0.4 is 15.5 Å². The van der Waals surface area contributed by atoms with Crippen LogP contribution in [0.2, 0.25) is 0 Å². The Hall–Kier alpha value is -2.86. The molecule has 0 unspecified atom stereocenters. The smallest absolute Gasteiger partial charge is 0.253 e. The number of fused-ring (bicyclic) bond motifs is 1. The number of hydrogen-bond acceptors (Lipinski definition) is 4. The lowest BCUT2D eigenvalue weighted by Gasteiger charge is -2.32. The third kappa shape index (κ3) is 6.81. The fourth-order valence-corrected chi connectivity index (χ4v) is 4.32. The minimum Gasteiger partial charge on any atom is -0.366 e. The molecule has 2 aromatic rings. The van der Waals surface area contributed by atoms with Crippen LogP contribution in [0.25, 0.3) is 0 Å². The molecule has 0 saturated heterocycles. The normalized spacial score (nSPS) is 13.2. The van der Waals surface area contributed by atoms with Gasteiger partial charge in [-0.3, -0.25) is 9.59 Å². The average Bonchev–Trinajstić information content (AvgIpc) is 2.81. The molecule has 0 aliphatic carbocycles. The van der Waals surface area contributed by atoms with Crippen molar-refractivity contribution in [3.8, 4) is 0 Å². The van der Waals surface area contributed by atoms with E-state index in [0.29, 0.717) is 24.2 Å². The van der Waals surface area contributed by atoms with Crippen molar-refractivity contribution >= 4 is 23.2 Å². The summed E-state index contributed by atoms with van der Waals surface area (Å²) in [4.78, 5) is 30.1. The fraction of sp³-hybridized carbons (Fsp3) is 0.481. The molecular weight excluding hydrogens is 412 g/mol. The highest BCUT2D eigenvalue weighted by Gasteiger charge is 2.22. The Balaban J connectivity index is 1.82. The van der Waals surface area contributed by atoms with Gasteiger partial charge in [0.25, 0.3) is 5.91 Å². The zero-order valence-electron chi connectivity index (χ0n) is 20.5. The van der Waals surface area contributed by atoms with Gasteiger partial charge in [0.15, 0.2) is 0 Å². The van der Waals surface area contributed by atoms with Crippen LogP contribution in [0.5, 0.6) is 0 Å². The highest BCUT2D eigenvalue weighted by Crippen LogP contribution is 2.29. The van der Waals surface area contributed by atoms with Crippen LogP contribution in [0, 0.1) is 5.92 Å². The topological polar surface area (TPSA) is 64.7 Å². The maximum atomic E-state index is 13.3. The summed E-state index contributed by atoms with van der Waals surface area (Å²) in [6.07, 6.45) is 1.40. The highest BCUT2D eigenvalue weighted by atomic mass is 16.2. The average molecular weight is 451 g/mol. The molecule has 2 amide bonds. The lowest BCUT2D eigenvalue weighted by atomic mass is 9.98. The van der Waals surface area contributed by atoms with E-state index in [4.69, 9.17) is 0 Å². The van der Waals surface area contributed by atoms with Gasteiger partial charge in [-0.1, -0.05) is 52.0 Å². The van der Waals surface area contributed by atoms with Crippen LogP contribution in [0.1, 0.15) is 55.6 Å². The van der Waals surface area contributed by atoms with Gasteiger partial charge < -0.3 is 20.4 Å². The van der Waals surface area contributed by atoms with Gasteiger partial charge in [0.2, 0.25) is 5.91 Å². The number of amides is 2. The number of hydrogen-bond donors (Lipinski definition) is 2. The summed E-state index contributed by atoms with van der Waals surface area (Å²) in [5.41, 5.74) is 4.85. The number of rotatable bonds is 10. The molecule has 6 nitrogen and oxygen atoms in total. The van der Waals surface area contributed by atoms with E-state index in [2.05, 4.69) is 58.5 Å². The summed E-state index contributed by atoms with van der Waals surface area (Å²) in [5, 5.41) is 6.05. The predicted molar refractivity (Wildman–Crippen MR) is 136 cm³/mol. The van der Waals surface area contributed by atoms with Crippen molar-refractivity contribution in [1.82, 2.24) is 10.2 Å². The zero-order valence-corrected chi connectivity index (χ0v) is 20.5. The number of anilines is 2. The highest BCUT2D eigenvalue weighted by molar-refractivity contribution is 6.02. The molecule has 0 radical (unpaired) electrons. The molecule has 6 heteroatoms. The summed E-state index contributed by atoms with van der Waals surface area (Å²) in [6.45, 7) is 13.2. The van der Waals surface area contributed by atoms with Crippen LogP contribution in [0.15, 0.2) is 42.5 Å². The van der Waals surface area contributed by atoms with E-state index in [1.165, 1.54) is 11.1 Å². The summed E-state index contributed by atoms with van der Waals surface area (Å²) >= 11 is 0. The maximum absolute atomic E-state index is 13.3. The molecule has 178 valence electrons. The monoisotopic (exact) mass is 450 g/mol. The van der Waals surface area contributed by atoms with E-state index in [9.17, 15) is 9.59 Å². The molecule has 2 N–H and O–H groups in total. The molecule has 1 aliphatic rings. The maximum Gasteiger partial charge on any atom is 0.253 e. The van der Waals surface area contributed by atoms with Crippen molar-refractivity contribution in [2.24, 2.45) is 5.92 Å². The van der Waals surface area contributed by atoms with Gasteiger partial charge in [0, 0.05) is 44.0 Å². The molecule has 3 rings (SSSR count). The second kappa shape index (κ2) is 11.8. The largest absolute Gasteiger partial charge is 0.366 e. The van der Waals surface area contributed by atoms with E-state index in [1.54, 1.807) is 0 Å². The molecule has 2 aromatic carbocycles. The van der Waals surface area contributed by atoms with Crippen molar-refractivity contribution in [1.29, 1.82) is 0 Å². The van der Waals surface area contributed by atoms with Crippen molar-refractivity contribution < 1.29 is 9.59 Å². The third-order valence-electron chi connectivity index (χ3n) is 6.20. The number of carbonyl (C=O) groups is 2. The molecule has 1 aliphatic heterocycles. The van der Waals surface area contributed by atoms with Gasteiger partial charge in [-0.25, -0.2) is 0 Å². The quantitative estimate of drug-likeness (QED) is 0.566. The molecule has 0 spiro atoms. The van der Waals surface area contributed by atoms with Crippen molar-refractivity contribution in [2.75, 3.05) is 42.9 Å². The SMILES string of the molecule is CCN(CC)CCNC(=O)c1cc(NC(=O)CC(C)C)ccc1N1CCc2ccccc2C1. The second-order valence-corrected chi connectivity index (χ2v) is 9.10. The number of nitrogens with one attached hydrogen (secondary N) is 2. The Morgan fingerprint density at radius 3 is 2.48 bits per heavy atom. The first-order valence-electron chi connectivity index (χ1n) is 12.2. The molecule has 0 saturated carbocycles. The Labute approximate surface area is 198 Å². The Kier molecular flexibility index (Phi) is 8.89. The molecule has 33 heavy (non-hydrogen) atoms. The number of nitrogens with zero attached hydrogens (tertiary/aromatic N) is 2. The second-order valence-electron chi connectivity index (χ2n) is 9.10. The Bertz CT molecular complexity index is 953. The fourth-order valence-electron chi connectivity index (χ4n) is 4.32. The Morgan fingerprint density at radius 2 is 1.79 bits per heavy atom. The Morgan fingerprint density at radius 1 is 1.06 bits per heavy atom. The molecule has 1 heterocycles. The van der Waals surface area contributed by atoms with Gasteiger partial charge >= 0.3 is 0 Å². The van der Waals surface area contributed by atoms with Gasteiger partial charge in [0.1, 0.15) is 0 Å². The predicted octanol–water partition coefficient (Wildman–Crippen LogP) is 4.31. The van der Waals surface area contributed by atoms with Gasteiger partial charge in [-0.05, 0) is 54.8 Å². The van der Waals surface area contributed by atoms with Crippen molar-refractivity contribution in [2.45, 2.75) is 47.1 Å². The molecule has 0 bridgehead atoms. The number of benzene rings is 2. The van der Waals surface area contributed by atoms with Crippen LogP contribution in [-0.4, -0.2) is 49.4 Å². The van der Waals surface area contributed by atoms with E-state index in [1.807, 2.05) is 32.0 Å². The summed E-state index contributed by atoms with van der Waals surface area (Å²) in [5.74, 6) is 0.147. The zero-order chi connectivity index (χ0) is 23.8. The summed E-state index contributed by atoms with van der Waals surface area (Å²) < 4.78 is 0. The molecule has 0 fully saturated rings. The minimum atomic E-state index is -0.101. The van der Waals surface area contributed by atoms with E-state index in [0.717, 1.165) is 44.8 Å². The van der Waals surface area contributed by atoms with Gasteiger partial charge in [-0.2, -0.15) is 0 Å². The third-order valence-corrected chi connectivity index (χ3v) is 6.20. The van der Waals surface area contributed by atoms with Crippen molar-refractivity contribution in [3.05, 3.63) is 59.2 Å². The summed E-state index contributed by atoms with van der Waals surface area (Å²) in [6, 6.07) is 14.2. The van der Waals surface area contributed by atoms with E-state index >= 15 is 0 Å². The van der Waals surface area contributed by atoms with Crippen LogP contribution in [0.3, 0.4) is 0 Å². The van der Waals surface area contributed by atoms with E-state index < -0.39 is 0 Å². The molecule has 0 aromatic heterocycles. The molecular formula is C27H38N4O2. The van der Waals surface area contributed by atoms with Crippen LogP contribution in [-0.2, 0) is 17.8 Å². The lowest BCUT2D eigenvalue weighted by Crippen LogP contribution is -2.36. The van der Waals surface area contributed by atoms with Crippen LogP contribution >= 0.6 is 0 Å². The van der Waals surface area contributed by atoms with Gasteiger partial charge in [-0.15, -0.1) is 0 Å². The summed E-state index contributed by atoms with van der Waals surface area (Å²) in [7, 11) is 0. The number of carbonyl (C=O) groups excluding carboxylic acids is 2. The standard InChI is InChI=1S/C27H38N4O2/c1-5-30(6-2)16-14-28-27(33)24-18-23(29-26(32)17-20(3)4)11-12-25(24)31-15-13-21-9-7-8-10-22(21)19-31/h7-12,18,20H,5-6,13-17,19H2,1-4H3,(H,28,33)(H,29,32). The van der Waals surface area contributed by atoms with Gasteiger partial charge in [0.05, 0.1) is 5.56 Å². The van der Waals surface area contributed by atoms with Crippen molar-refractivity contribution in [3.63, 3.8) is 0 Å². The number of likely N-dealkylation sites (N-methyl/N-ethyl adjacent to an activating group) is 1. The van der Waals surface area contributed by atoms with Crippen LogP contribution in [0.4, 0.5) is 11.4 Å². The molecule has 0 atom stereocenters. The van der Waals surface area contributed by atoms with E-state index in [-0.39, 0.29) is 17.7 Å². The lowest BCUT2D eigenvalue weighted by molar-refractivity contribution is -0.116. The first kappa shape index (κ1) is 24.8. The first-order chi connectivity index (χ1) is 15.9. The minimum absolute atomic E-state index is 0.0301.